The Morgan fingerprint density at radius 2 is 1.95 bits per heavy atom. The predicted octanol–water partition coefficient (Wildman–Crippen LogP) is 2.43. The number of carbonyl (C=O) groups excluding carboxylic acids is 1. The van der Waals surface area contributed by atoms with Crippen LogP contribution in [0.25, 0.3) is 0 Å². The van der Waals surface area contributed by atoms with Gasteiger partial charge in [0.05, 0.1) is 19.4 Å². The fraction of sp³-hybridized carbons (Fsp3) is 0.188. The Morgan fingerprint density at radius 1 is 1.19 bits per heavy atom. The molecule has 0 heterocycles. The van der Waals surface area contributed by atoms with Crippen LogP contribution in [-0.4, -0.2) is 19.6 Å². The molecule has 2 aromatic rings. The summed E-state index contributed by atoms with van der Waals surface area (Å²) in [6.45, 7) is 0.356. The van der Waals surface area contributed by atoms with E-state index in [9.17, 15) is 4.79 Å². The Morgan fingerprint density at radius 3 is 2.67 bits per heavy atom. The summed E-state index contributed by atoms with van der Waals surface area (Å²) in [5.74, 6) is 0.301. The molecule has 0 aromatic heterocycles. The molecule has 0 fully saturated rings. The van der Waals surface area contributed by atoms with Gasteiger partial charge in [0, 0.05) is 5.69 Å². The van der Waals surface area contributed by atoms with Gasteiger partial charge in [0.15, 0.2) is 0 Å². The van der Waals surface area contributed by atoms with Crippen molar-refractivity contribution in [3.8, 4) is 5.75 Å². The maximum absolute atomic E-state index is 11.8. The topological polar surface area (TPSA) is 73.6 Å². The minimum Gasteiger partial charge on any atom is -0.495 e. The first-order chi connectivity index (χ1) is 10.2. The van der Waals surface area contributed by atoms with E-state index in [0.717, 1.165) is 5.56 Å². The maximum Gasteiger partial charge on any atom is 0.250 e. The first-order valence-corrected chi connectivity index (χ1v) is 6.54. The summed E-state index contributed by atoms with van der Waals surface area (Å²) in [7, 11) is 1.53. The highest BCUT2D eigenvalue weighted by Crippen LogP contribution is 2.26. The molecule has 0 saturated carbocycles. The molecule has 2 rings (SSSR count). The fourth-order valence-electron chi connectivity index (χ4n) is 1.85. The third-order valence-corrected chi connectivity index (χ3v) is 2.84. The predicted molar refractivity (Wildman–Crippen MR) is 82.1 cm³/mol. The van der Waals surface area contributed by atoms with Crippen molar-refractivity contribution >= 4 is 17.3 Å². The van der Waals surface area contributed by atoms with Crippen LogP contribution in [0.15, 0.2) is 48.5 Å². The van der Waals surface area contributed by atoms with Crippen molar-refractivity contribution < 1.29 is 14.3 Å². The highest BCUT2D eigenvalue weighted by molar-refractivity contribution is 5.93. The number of carbonyl (C=O) groups is 1. The van der Waals surface area contributed by atoms with Gasteiger partial charge in [-0.2, -0.15) is 0 Å². The molecule has 21 heavy (non-hydrogen) atoms. The Kier molecular flexibility index (Phi) is 5.17. The summed E-state index contributed by atoms with van der Waals surface area (Å²) in [5.41, 5.74) is 7.80. The van der Waals surface area contributed by atoms with Gasteiger partial charge in [-0.25, -0.2) is 0 Å². The maximum atomic E-state index is 11.8. The van der Waals surface area contributed by atoms with Crippen molar-refractivity contribution in [2.24, 2.45) is 0 Å². The van der Waals surface area contributed by atoms with Gasteiger partial charge in [-0.05, 0) is 23.8 Å². The van der Waals surface area contributed by atoms with Gasteiger partial charge in [0.25, 0.3) is 0 Å². The Hall–Kier alpha value is -2.53. The monoisotopic (exact) mass is 286 g/mol. The van der Waals surface area contributed by atoms with Crippen LogP contribution in [-0.2, 0) is 16.1 Å². The molecule has 3 N–H and O–H groups in total. The van der Waals surface area contributed by atoms with Crippen molar-refractivity contribution in [2.45, 2.75) is 6.61 Å². The average Bonchev–Trinajstić information content (AvgIpc) is 2.48. The SMILES string of the molecule is COc1ccc(N)cc1NC(=O)COCc1ccccc1. The largest absolute Gasteiger partial charge is 0.495 e. The molecule has 5 nitrogen and oxygen atoms in total. The van der Waals surface area contributed by atoms with E-state index in [1.54, 1.807) is 18.2 Å². The van der Waals surface area contributed by atoms with Crippen molar-refractivity contribution in [1.82, 2.24) is 0 Å². The van der Waals surface area contributed by atoms with E-state index < -0.39 is 0 Å². The summed E-state index contributed by atoms with van der Waals surface area (Å²) >= 11 is 0. The standard InChI is InChI=1S/C16H18N2O3/c1-20-15-8-7-13(17)9-14(15)18-16(19)11-21-10-12-5-3-2-4-6-12/h2-9H,10-11,17H2,1H3,(H,18,19). The molecular formula is C16H18N2O3. The third-order valence-electron chi connectivity index (χ3n) is 2.84. The zero-order valence-electron chi connectivity index (χ0n) is 11.8. The van der Waals surface area contributed by atoms with E-state index in [1.807, 2.05) is 30.3 Å². The van der Waals surface area contributed by atoms with Crippen molar-refractivity contribution in [2.75, 3.05) is 24.8 Å². The van der Waals surface area contributed by atoms with Crippen LogP contribution in [0.2, 0.25) is 0 Å². The van der Waals surface area contributed by atoms with Crippen LogP contribution in [0.1, 0.15) is 5.56 Å². The van der Waals surface area contributed by atoms with Crippen molar-refractivity contribution in [1.29, 1.82) is 0 Å². The van der Waals surface area contributed by atoms with E-state index in [-0.39, 0.29) is 12.5 Å². The van der Waals surface area contributed by atoms with E-state index in [4.69, 9.17) is 15.2 Å². The van der Waals surface area contributed by atoms with Crippen LogP contribution in [0.5, 0.6) is 5.75 Å². The number of amides is 1. The molecule has 2 aromatic carbocycles. The Bertz CT molecular complexity index is 600. The average molecular weight is 286 g/mol. The number of hydrogen-bond acceptors (Lipinski definition) is 4. The van der Waals surface area contributed by atoms with E-state index in [0.29, 0.717) is 23.7 Å². The number of benzene rings is 2. The Labute approximate surface area is 123 Å². The number of nitrogens with two attached hydrogens (primary N) is 1. The number of ether oxygens (including phenoxy) is 2. The molecule has 0 aliphatic heterocycles. The van der Waals surface area contributed by atoms with Crippen LogP contribution in [0.4, 0.5) is 11.4 Å². The molecule has 0 aliphatic carbocycles. The van der Waals surface area contributed by atoms with Crippen molar-refractivity contribution in [3.63, 3.8) is 0 Å². The van der Waals surface area contributed by atoms with E-state index in [2.05, 4.69) is 5.32 Å². The van der Waals surface area contributed by atoms with Gasteiger partial charge in [-0.3, -0.25) is 4.79 Å². The lowest BCUT2D eigenvalue weighted by Gasteiger charge is -2.11. The summed E-state index contributed by atoms with van der Waals surface area (Å²) < 4.78 is 10.5. The quantitative estimate of drug-likeness (QED) is 0.800. The van der Waals surface area contributed by atoms with Crippen LogP contribution in [0.3, 0.4) is 0 Å². The van der Waals surface area contributed by atoms with Gasteiger partial charge < -0.3 is 20.5 Å². The van der Waals surface area contributed by atoms with Crippen molar-refractivity contribution in [3.05, 3.63) is 54.1 Å². The second kappa shape index (κ2) is 7.31. The highest BCUT2D eigenvalue weighted by Gasteiger charge is 2.08. The molecule has 0 atom stereocenters. The van der Waals surface area contributed by atoms with Gasteiger partial charge in [-0.15, -0.1) is 0 Å². The number of rotatable bonds is 6. The molecular weight excluding hydrogens is 268 g/mol. The lowest BCUT2D eigenvalue weighted by molar-refractivity contribution is -0.121. The number of nitrogen functional groups attached to an aromatic ring is 1. The highest BCUT2D eigenvalue weighted by atomic mass is 16.5. The van der Waals surface area contributed by atoms with E-state index >= 15 is 0 Å². The molecule has 0 unspecified atom stereocenters. The first-order valence-electron chi connectivity index (χ1n) is 6.54. The fourth-order valence-corrected chi connectivity index (χ4v) is 1.85. The summed E-state index contributed by atoms with van der Waals surface area (Å²) in [6, 6.07) is 14.7. The zero-order chi connectivity index (χ0) is 15.1. The Balaban J connectivity index is 1.86. The molecule has 0 saturated heterocycles. The van der Waals surface area contributed by atoms with Gasteiger partial charge in [-0.1, -0.05) is 30.3 Å². The first kappa shape index (κ1) is 14.9. The number of methoxy groups -OCH3 is 1. The minimum atomic E-state index is -0.255. The molecule has 1 amide bonds. The number of hydrogen-bond donors (Lipinski definition) is 2. The lowest BCUT2D eigenvalue weighted by Crippen LogP contribution is -2.18. The van der Waals surface area contributed by atoms with Gasteiger partial charge in [0.1, 0.15) is 12.4 Å². The van der Waals surface area contributed by atoms with Gasteiger partial charge >= 0.3 is 0 Å². The molecule has 110 valence electrons. The molecule has 0 bridgehead atoms. The number of nitrogens with one attached hydrogen (secondary N) is 1. The van der Waals surface area contributed by atoms with Crippen LogP contribution < -0.4 is 15.8 Å². The summed E-state index contributed by atoms with van der Waals surface area (Å²) in [4.78, 5) is 11.8. The normalized spacial score (nSPS) is 10.1. The molecule has 0 spiro atoms. The summed E-state index contributed by atoms with van der Waals surface area (Å²) in [6.07, 6.45) is 0. The lowest BCUT2D eigenvalue weighted by atomic mass is 10.2. The zero-order valence-corrected chi connectivity index (χ0v) is 11.8. The minimum absolute atomic E-state index is 0.0349. The molecule has 0 radical (unpaired) electrons. The molecule has 0 aliphatic rings. The van der Waals surface area contributed by atoms with Crippen LogP contribution >= 0.6 is 0 Å². The number of anilines is 2. The third kappa shape index (κ3) is 4.50. The van der Waals surface area contributed by atoms with Crippen LogP contribution in [0, 0.1) is 0 Å². The second-order valence-electron chi connectivity index (χ2n) is 4.49. The van der Waals surface area contributed by atoms with Gasteiger partial charge in [0.2, 0.25) is 5.91 Å². The smallest absolute Gasteiger partial charge is 0.250 e. The second-order valence-corrected chi connectivity index (χ2v) is 4.49. The summed E-state index contributed by atoms with van der Waals surface area (Å²) in [5, 5.41) is 2.72. The van der Waals surface area contributed by atoms with E-state index in [1.165, 1.54) is 7.11 Å². The molecule has 5 heteroatoms.